The van der Waals surface area contributed by atoms with Gasteiger partial charge in [-0.15, -0.1) is 0 Å². The van der Waals surface area contributed by atoms with Crippen molar-refractivity contribution in [2.45, 2.75) is 56.6 Å². The van der Waals surface area contributed by atoms with Crippen molar-refractivity contribution in [3.05, 3.63) is 35.9 Å². The molecule has 6 nitrogen and oxygen atoms in total. The minimum atomic E-state index is -1.41. The number of hydrogen-bond donors (Lipinski definition) is 4. The normalized spacial score (nSPS) is 33.6. The fraction of sp³-hybridized carbons (Fsp3) is 0.625. The van der Waals surface area contributed by atoms with Crippen molar-refractivity contribution >= 4 is 0 Å². The summed E-state index contributed by atoms with van der Waals surface area (Å²) in [5, 5.41) is 38.5. The van der Waals surface area contributed by atoms with Gasteiger partial charge in [-0.05, 0) is 25.3 Å². The van der Waals surface area contributed by atoms with Crippen LogP contribution in [0.25, 0.3) is 0 Å². The number of aliphatic hydroxyl groups is 4. The Labute approximate surface area is 129 Å². The second-order valence-electron chi connectivity index (χ2n) is 5.67. The summed E-state index contributed by atoms with van der Waals surface area (Å²) < 4.78 is 10.9. The SMILES string of the molecule is C[C@@H](CCc1ccccc1)O[C@@H]1O[C@H](CO)[C@@H](O)[C@H](O)[C@H]1O. The first kappa shape index (κ1) is 17.3. The van der Waals surface area contributed by atoms with E-state index in [0.717, 1.165) is 12.8 Å². The molecule has 0 spiro atoms. The highest BCUT2D eigenvalue weighted by molar-refractivity contribution is 5.14. The predicted octanol–water partition coefficient (Wildman–Crippen LogP) is -0.176. The van der Waals surface area contributed by atoms with Crippen LogP contribution in [0.2, 0.25) is 0 Å². The lowest BCUT2D eigenvalue weighted by Gasteiger charge is -2.40. The molecule has 0 saturated carbocycles. The van der Waals surface area contributed by atoms with E-state index >= 15 is 0 Å². The molecule has 1 saturated heterocycles. The largest absolute Gasteiger partial charge is 0.394 e. The van der Waals surface area contributed by atoms with Crippen LogP contribution in [0.15, 0.2) is 30.3 Å². The first-order chi connectivity index (χ1) is 10.5. The van der Waals surface area contributed by atoms with Crippen molar-refractivity contribution in [2.24, 2.45) is 0 Å². The van der Waals surface area contributed by atoms with E-state index in [1.807, 2.05) is 37.3 Å². The monoisotopic (exact) mass is 312 g/mol. The fourth-order valence-electron chi connectivity index (χ4n) is 2.49. The van der Waals surface area contributed by atoms with Gasteiger partial charge in [0.25, 0.3) is 0 Å². The molecule has 0 aromatic heterocycles. The van der Waals surface area contributed by atoms with Gasteiger partial charge in [-0.25, -0.2) is 0 Å². The Morgan fingerprint density at radius 2 is 1.77 bits per heavy atom. The highest BCUT2D eigenvalue weighted by Crippen LogP contribution is 2.23. The minimum absolute atomic E-state index is 0.207. The third-order valence-electron chi connectivity index (χ3n) is 3.90. The van der Waals surface area contributed by atoms with Crippen LogP contribution in [0.4, 0.5) is 0 Å². The summed E-state index contributed by atoms with van der Waals surface area (Å²) in [4.78, 5) is 0. The number of rotatable bonds is 6. The maximum absolute atomic E-state index is 9.91. The van der Waals surface area contributed by atoms with Gasteiger partial charge in [-0.2, -0.15) is 0 Å². The number of aryl methyl sites for hydroxylation is 1. The standard InChI is InChI=1S/C16H24O6/c1-10(7-8-11-5-3-2-4-6-11)21-16-15(20)14(19)13(18)12(9-17)22-16/h2-6,10,12-20H,7-9H2,1H3/t10-,12+,13+,14-,15+,16+/m0/s1. The number of ether oxygens (including phenoxy) is 2. The zero-order chi connectivity index (χ0) is 16.1. The van der Waals surface area contributed by atoms with Gasteiger partial charge in [0, 0.05) is 0 Å². The van der Waals surface area contributed by atoms with Crippen molar-refractivity contribution in [3.8, 4) is 0 Å². The van der Waals surface area contributed by atoms with Crippen LogP contribution < -0.4 is 0 Å². The van der Waals surface area contributed by atoms with Gasteiger partial charge in [-0.3, -0.25) is 0 Å². The Kier molecular flexibility index (Phi) is 6.31. The lowest BCUT2D eigenvalue weighted by atomic mass is 9.99. The summed E-state index contributed by atoms with van der Waals surface area (Å²) in [6.45, 7) is 1.40. The maximum atomic E-state index is 9.91. The minimum Gasteiger partial charge on any atom is -0.394 e. The Bertz CT molecular complexity index is 438. The third-order valence-corrected chi connectivity index (χ3v) is 3.90. The van der Waals surface area contributed by atoms with E-state index in [4.69, 9.17) is 14.6 Å². The Hall–Kier alpha value is -1.02. The van der Waals surface area contributed by atoms with E-state index in [9.17, 15) is 15.3 Å². The summed E-state index contributed by atoms with van der Waals surface area (Å²) in [6.07, 6.45) is -4.79. The summed E-state index contributed by atoms with van der Waals surface area (Å²) in [7, 11) is 0. The molecule has 1 aromatic rings. The second-order valence-corrected chi connectivity index (χ2v) is 5.67. The molecule has 1 aliphatic rings. The molecule has 2 rings (SSSR count). The number of aliphatic hydroxyl groups excluding tert-OH is 4. The van der Waals surface area contributed by atoms with Crippen LogP contribution in [0, 0.1) is 0 Å². The smallest absolute Gasteiger partial charge is 0.186 e. The summed E-state index contributed by atoms with van der Waals surface area (Å²) in [5.74, 6) is 0. The van der Waals surface area contributed by atoms with Gasteiger partial charge in [0.1, 0.15) is 24.4 Å². The molecule has 1 aliphatic heterocycles. The van der Waals surface area contributed by atoms with Crippen LogP contribution in [0.1, 0.15) is 18.9 Å². The van der Waals surface area contributed by atoms with Gasteiger partial charge in [0.2, 0.25) is 0 Å². The zero-order valence-electron chi connectivity index (χ0n) is 12.6. The second kappa shape index (κ2) is 8.01. The lowest BCUT2D eigenvalue weighted by molar-refractivity contribution is -0.310. The molecular formula is C16H24O6. The average molecular weight is 312 g/mol. The van der Waals surface area contributed by atoms with Crippen molar-refractivity contribution in [3.63, 3.8) is 0 Å². The highest BCUT2D eigenvalue weighted by Gasteiger charge is 2.44. The molecular weight excluding hydrogens is 288 g/mol. The molecule has 0 radical (unpaired) electrons. The number of hydrogen-bond acceptors (Lipinski definition) is 6. The molecule has 1 aromatic carbocycles. The Morgan fingerprint density at radius 3 is 2.41 bits per heavy atom. The molecule has 6 atom stereocenters. The van der Waals surface area contributed by atoms with Gasteiger partial charge >= 0.3 is 0 Å². The molecule has 0 amide bonds. The van der Waals surface area contributed by atoms with Gasteiger partial charge < -0.3 is 29.9 Å². The molecule has 4 N–H and O–H groups in total. The Morgan fingerprint density at radius 1 is 1.09 bits per heavy atom. The summed E-state index contributed by atoms with van der Waals surface area (Å²) in [5.41, 5.74) is 1.19. The Balaban J connectivity index is 1.86. The van der Waals surface area contributed by atoms with Crippen LogP contribution in [0.3, 0.4) is 0 Å². The lowest BCUT2D eigenvalue weighted by Crippen LogP contribution is -2.59. The van der Waals surface area contributed by atoms with Gasteiger partial charge in [0.05, 0.1) is 12.7 Å². The quantitative estimate of drug-likeness (QED) is 0.582. The first-order valence-corrected chi connectivity index (χ1v) is 7.53. The van der Waals surface area contributed by atoms with E-state index in [1.54, 1.807) is 0 Å². The number of benzene rings is 1. The van der Waals surface area contributed by atoms with Crippen molar-refractivity contribution in [1.82, 2.24) is 0 Å². The van der Waals surface area contributed by atoms with Crippen molar-refractivity contribution < 1.29 is 29.9 Å². The third kappa shape index (κ3) is 4.25. The molecule has 22 heavy (non-hydrogen) atoms. The molecule has 1 heterocycles. The van der Waals surface area contributed by atoms with Crippen molar-refractivity contribution in [1.29, 1.82) is 0 Å². The zero-order valence-corrected chi connectivity index (χ0v) is 12.6. The molecule has 0 bridgehead atoms. The summed E-state index contributed by atoms with van der Waals surface area (Å²) >= 11 is 0. The molecule has 0 unspecified atom stereocenters. The predicted molar refractivity (Wildman–Crippen MR) is 79.1 cm³/mol. The van der Waals surface area contributed by atoms with E-state index in [1.165, 1.54) is 5.56 Å². The van der Waals surface area contributed by atoms with Gasteiger partial charge in [0.15, 0.2) is 6.29 Å². The van der Waals surface area contributed by atoms with Crippen LogP contribution in [-0.2, 0) is 15.9 Å². The molecule has 1 fully saturated rings. The first-order valence-electron chi connectivity index (χ1n) is 7.53. The maximum Gasteiger partial charge on any atom is 0.186 e. The van der Waals surface area contributed by atoms with E-state index in [0.29, 0.717) is 0 Å². The molecule has 124 valence electrons. The fourth-order valence-corrected chi connectivity index (χ4v) is 2.49. The van der Waals surface area contributed by atoms with Crippen LogP contribution >= 0.6 is 0 Å². The van der Waals surface area contributed by atoms with E-state index in [-0.39, 0.29) is 6.10 Å². The summed E-state index contributed by atoms with van der Waals surface area (Å²) in [6, 6.07) is 9.95. The van der Waals surface area contributed by atoms with E-state index in [2.05, 4.69) is 0 Å². The molecule has 0 aliphatic carbocycles. The van der Waals surface area contributed by atoms with Crippen LogP contribution in [-0.4, -0.2) is 63.8 Å². The van der Waals surface area contributed by atoms with Crippen LogP contribution in [0.5, 0.6) is 0 Å². The topological polar surface area (TPSA) is 99.4 Å². The van der Waals surface area contributed by atoms with E-state index < -0.39 is 37.3 Å². The van der Waals surface area contributed by atoms with Crippen molar-refractivity contribution in [2.75, 3.05) is 6.61 Å². The van der Waals surface area contributed by atoms with Gasteiger partial charge in [-0.1, -0.05) is 30.3 Å². The highest BCUT2D eigenvalue weighted by atomic mass is 16.7. The average Bonchev–Trinajstić information content (AvgIpc) is 2.54. The molecule has 6 heteroatoms.